The topological polar surface area (TPSA) is 19.0 Å². The molecule has 0 saturated heterocycles. The molecule has 0 fully saturated rings. The first kappa shape index (κ1) is 8.17. The third kappa shape index (κ3) is 11.0. The molecule has 0 aliphatic heterocycles. The average molecular weight is 130 g/mol. The summed E-state index contributed by atoms with van der Waals surface area (Å²) in [5.74, 6) is 0. The summed E-state index contributed by atoms with van der Waals surface area (Å²) in [6, 6.07) is 3.89. The molecule has 0 atom stereocenters. The Kier molecular flexibility index (Phi) is 4.82. The molecule has 0 spiro atoms. The molecular weight excluding hydrogens is 119 g/mol. The van der Waals surface area contributed by atoms with Crippen LogP contribution >= 0.6 is 0 Å². The van der Waals surface area contributed by atoms with Crippen molar-refractivity contribution >= 4 is 0 Å². The largest absolute Gasteiger partial charge is 0.368 e. The maximum Gasteiger partial charge on any atom is 0.0173 e. The molecule has 0 saturated carbocycles. The summed E-state index contributed by atoms with van der Waals surface area (Å²) < 4.78 is 10.8. The molecule has 0 unspecified atom stereocenters. The molecule has 0 amide bonds. The van der Waals surface area contributed by atoms with Gasteiger partial charge in [-0.05, 0) is 12.1 Å². The van der Waals surface area contributed by atoms with Crippen molar-refractivity contribution in [3.8, 4) is 0 Å². The lowest BCUT2D eigenvalue weighted by Gasteiger charge is -1.83. The minimum atomic E-state index is 0.500. The zero-order valence-corrected chi connectivity index (χ0v) is 5.63. The molecule has 1 aromatic rings. The predicted molar refractivity (Wildman–Crippen MR) is 35.6 cm³/mol. The summed E-state index contributed by atoms with van der Waals surface area (Å²) in [5.41, 5.74) is 0. The maximum absolute atomic E-state index is 10.8. The van der Waals surface area contributed by atoms with Gasteiger partial charge in [-0.3, -0.25) is 0 Å². The van der Waals surface area contributed by atoms with Crippen LogP contribution in [0.4, 0.5) is 4.48 Å². The molecule has 1 N–H and O–H groups in total. The van der Waals surface area contributed by atoms with Crippen LogP contribution in [0, 0.1) is 0 Å². The predicted octanol–water partition coefficient (Wildman–Crippen LogP) is 1.45. The highest BCUT2D eigenvalue weighted by Gasteiger charge is 1.64. The molecule has 0 aliphatic rings. The summed E-state index contributed by atoms with van der Waals surface area (Å²) in [7, 11) is 2.67. The second kappa shape index (κ2) is 5.31. The molecule has 0 aliphatic carbocycles. The Morgan fingerprint density at radius 2 is 1.56 bits per heavy atom. The van der Waals surface area contributed by atoms with Crippen LogP contribution in [0.2, 0.25) is 0 Å². The lowest BCUT2D eigenvalue weighted by molar-refractivity contribution is 0.0977. The van der Waals surface area contributed by atoms with Crippen molar-refractivity contribution in [2.24, 2.45) is 0 Å². The van der Waals surface area contributed by atoms with E-state index in [4.69, 9.17) is 0 Å². The quantitative estimate of drug-likeness (QED) is 0.526. The van der Waals surface area contributed by atoms with Gasteiger partial charge in [-0.1, -0.05) is 0 Å². The molecule has 0 aromatic carbocycles. The van der Waals surface area contributed by atoms with Gasteiger partial charge < -0.3 is 4.98 Å². The number of halogens is 1. The highest BCUT2D eigenvalue weighted by molar-refractivity contribution is 4.84. The van der Waals surface area contributed by atoms with Crippen LogP contribution in [0.25, 0.3) is 0 Å². The van der Waals surface area contributed by atoms with Crippen LogP contribution in [0.3, 0.4) is 0 Å². The van der Waals surface area contributed by atoms with E-state index >= 15 is 0 Å². The molecule has 52 valence electrons. The van der Waals surface area contributed by atoms with Gasteiger partial charge in [0.15, 0.2) is 0 Å². The van der Waals surface area contributed by atoms with Crippen molar-refractivity contribution in [3.05, 3.63) is 24.5 Å². The van der Waals surface area contributed by atoms with E-state index < -0.39 is 0 Å². The SMILES string of the molecule is CN(C)F.c1cc[nH]c1. The Balaban J connectivity index is 0.000000148. The van der Waals surface area contributed by atoms with E-state index in [1.807, 2.05) is 24.5 Å². The Hall–Kier alpha value is -0.830. The van der Waals surface area contributed by atoms with E-state index in [1.165, 1.54) is 14.1 Å². The fourth-order valence-electron chi connectivity index (χ4n) is 0.278. The highest BCUT2D eigenvalue weighted by Crippen LogP contribution is 1.72. The van der Waals surface area contributed by atoms with Crippen LogP contribution in [-0.4, -0.2) is 24.2 Å². The summed E-state index contributed by atoms with van der Waals surface area (Å²) >= 11 is 0. The van der Waals surface area contributed by atoms with Crippen LogP contribution < -0.4 is 0 Å². The van der Waals surface area contributed by atoms with Crippen molar-refractivity contribution in [1.82, 2.24) is 10.1 Å². The van der Waals surface area contributed by atoms with Gasteiger partial charge in [0.05, 0.1) is 0 Å². The molecule has 0 radical (unpaired) electrons. The lowest BCUT2D eigenvalue weighted by Crippen LogP contribution is -1.91. The van der Waals surface area contributed by atoms with Gasteiger partial charge in [-0.2, -0.15) is 5.12 Å². The van der Waals surface area contributed by atoms with Gasteiger partial charge in [-0.25, -0.2) is 0 Å². The normalized spacial score (nSPS) is 8.44. The second-order valence-corrected chi connectivity index (χ2v) is 1.67. The third-order valence-corrected chi connectivity index (χ3v) is 0.496. The smallest absolute Gasteiger partial charge is 0.0173 e. The standard InChI is InChI=1S/C4H5N.C2H6FN/c1-2-4-5-3-1;1-4(2)3/h1-5H;1-2H3. The molecule has 1 aromatic heterocycles. The van der Waals surface area contributed by atoms with E-state index in [1.54, 1.807) is 0 Å². The average Bonchev–Trinajstić information content (AvgIpc) is 2.11. The van der Waals surface area contributed by atoms with Crippen molar-refractivity contribution in [3.63, 3.8) is 0 Å². The monoisotopic (exact) mass is 130 g/mol. The number of hydrogen-bond donors (Lipinski definition) is 1. The number of rotatable bonds is 0. The molecular formula is C6H11FN2. The minimum Gasteiger partial charge on any atom is -0.368 e. The van der Waals surface area contributed by atoms with Crippen molar-refractivity contribution in [2.75, 3.05) is 14.1 Å². The van der Waals surface area contributed by atoms with Gasteiger partial charge >= 0.3 is 0 Å². The van der Waals surface area contributed by atoms with E-state index in [0.717, 1.165) is 0 Å². The summed E-state index contributed by atoms with van der Waals surface area (Å²) in [6.07, 6.45) is 3.75. The number of aromatic nitrogens is 1. The fourth-order valence-corrected chi connectivity index (χ4v) is 0.278. The minimum absolute atomic E-state index is 0.500. The molecule has 0 bridgehead atoms. The third-order valence-electron chi connectivity index (χ3n) is 0.496. The maximum atomic E-state index is 10.8. The summed E-state index contributed by atoms with van der Waals surface area (Å²) in [4.78, 5) is 2.86. The Bertz CT molecular complexity index is 94.6. The van der Waals surface area contributed by atoms with Crippen molar-refractivity contribution in [1.29, 1.82) is 0 Å². The van der Waals surface area contributed by atoms with Crippen molar-refractivity contribution < 1.29 is 4.48 Å². The number of nitrogens with zero attached hydrogens (tertiary/aromatic N) is 1. The van der Waals surface area contributed by atoms with E-state index in [2.05, 4.69) is 4.98 Å². The van der Waals surface area contributed by atoms with Gasteiger partial charge in [0.2, 0.25) is 0 Å². The van der Waals surface area contributed by atoms with Crippen LogP contribution in [0.15, 0.2) is 24.5 Å². The number of aromatic amines is 1. The number of nitrogens with one attached hydrogen (secondary N) is 1. The second-order valence-electron chi connectivity index (χ2n) is 1.67. The molecule has 1 rings (SSSR count). The lowest BCUT2D eigenvalue weighted by atomic mass is 10.7. The Labute approximate surface area is 54.2 Å². The van der Waals surface area contributed by atoms with Gasteiger partial charge in [0.25, 0.3) is 0 Å². The van der Waals surface area contributed by atoms with Crippen molar-refractivity contribution in [2.45, 2.75) is 0 Å². The van der Waals surface area contributed by atoms with Crippen LogP contribution in [0.5, 0.6) is 0 Å². The van der Waals surface area contributed by atoms with Gasteiger partial charge in [0, 0.05) is 26.5 Å². The molecule has 3 heteroatoms. The van der Waals surface area contributed by atoms with Gasteiger partial charge in [0.1, 0.15) is 0 Å². The van der Waals surface area contributed by atoms with E-state index in [9.17, 15) is 4.48 Å². The first-order valence-corrected chi connectivity index (χ1v) is 2.64. The highest BCUT2D eigenvalue weighted by atomic mass is 19.2. The molecule has 1 heterocycles. The zero-order chi connectivity index (χ0) is 7.11. The van der Waals surface area contributed by atoms with Crippen LogP contribution in [-0.2, 0) is 0 Å². The Morgan fingerprint density at radius 1 is 1.22 bits per heavy atom. The first-order valence-electron chi connectivity index (χ1n) is 2.64. The fraction of sp³-hybridized carbons (Fsp3) is 0.333. The van der Waals surface area contributed by atoms with E-state index in [0.29, 0.717) is 5.12 Å². The zero-order valence-electron chi connectivity index (χ0n) is 5.63. The number of hydrogen-bond acceptors (Lipinski definition) is 1. The van der Waals surface area contributed by atoms with Crippen LogP contribution in [0.1, 0.15) is 0 Å². The summed E-state index contributed by atoms with van der Waals surface area (Å²) in [6.45, 7) is 0. The van der Waals surface area contributed by atoms with E-state index in [-0.39, 0.29) is 0 Å². The van der Waals surface area contributed by atoms with Gasteiger partial charge in [-0.15, -0.1) is 4.48 Å². The Morgan fingerprint density at radius 3 is 1.67 bits per heavy atom. The summed E-state index contributed by atoms with van der Waals surface area (Å²) in [5, 5.41) is 0.500. The molecule has 2 nitrogen and oxygen atoms in total. The molecule has 9 heavy (non-hydrogen) atoms. The number of H-pyrrole nitrogens is 1. The first-order chi connectivity index (χ1) is 4.23.